The summed E-state index contributed by atoms with van der Waals surface area (Å²) < 4.78 is 5.41. The van der Waals surface area contributed by atoms with Gasteiger partial charge in [0.2, 0.25) is 11.8 Å². The molecule has 0 aliphatic carbocycles. The second kappa shape index (κ2) is 5.35. The van der Waals surface area contributed by atoms with Crippen LogP contribution >= 0.6 is 0 Å². The standard InChI is InChI=1S/C13H18N2O3/c1-3-6-15-12(16)7-11(13(15)17)14-8-10-5-4-9(2)18-10/h4-5,11,14H,3,6-8H2,1-2H3. The van der Waals surface area contributed by atoms with E-state index < -0.39 is 6.04 Å². The van der Waals surface area contributed by atoms with Crippen LogP contribution in [0.2, 0.25) is 0 Å². The quantitative estimate of drug-likeness (QED) is 0.798. The molecule has 1 saturated heterocycles. The van der Waals surface area contributed by atoms with E-state index >= 15 is 0 Å². The lowest BCUT2D eigenvalue weighted by atomic mass is 10.2. The summed E-state index contributed by atoms with van der Waals surface area (Å²) in [5, 5.41) is 3.07. The molecule has 18 heavy (non-hydrogen) atoms. The van der Waals surface area contributed by atoms with Gasteiger partial charge in [-0.1, -0.05) is 6.92 Å². The number of rotatable bonds is 5. The Kier molecular flexibility index (Phi) is 3.81. The van der Waals surface area contributed by atoms with E-state index in [1.54, 1.807) is 0 Å². The number of nitrogens with zero attached hydrogens (tertiary/aromatic N) is 1. The lowest BCUT2D eigenvalue weighted by molar-refractivity contribution is -0.138. The van der Waals surface area contributed by atoms with Crippen LogP contribution in [0.1, 0.15) is 31.3 Å². The van der Waals surface area contributed by atoms with Crippen molar-refractivity contribution >= 4 is 11.8 Å². The summed E-state index contributed by atoms with van der Waals surface area (Å²) in [5.41, 5.74) is 0. The van der Waals surface area contributed by atoms with Crippen molar-refractivity contribution in [3.8, 4) is 0 Å². The van der Waals surface area contributed by atoms with Crippen LogP contribution in [0.15, 0.2) is 16.5 Å². The zero-order valence-electron chi connectivity index (χ0n) is 10.7. The van der Waals surface area contributed by atoms with Crippen molar-refractivity contribution in [2.75, 3.05) is 6.54 Å². The monoisotopic (exact) mass is 250 g/mol. The topological polar surface area (TPSA) is 62.6 Å². The molecule has 0 aromatic carbocycles. The number of nitrogens with one attached hydrogen (secondary N) is 1. The second-order valence-corrected chi connectivity index (χ2v) is 4.53. The van der Waals surface area contributed by atoms with E-state index in [4.69, 9.17) is 4.42 Å². The first kappa shape index (κ1) is 12.8. The Balaban J connectivity index is 1.91. The Morgan fingerprint density at radius 1 is 1.44 bits per heavy atom. The predicted octanol–water partition coefficient (Wildman–Crippen LogP) is 1.22. The number of hydrogen-bond donors (Lipinski definition) is 1. The van der Waals surface area contributed by atoms with Crippen molar-refractivity contribution in [2.24, 2.45) is 0 Å². The van der Waals surface area contributed by atoms with Crippen molar-refractivity contribution in [1.82, 2.24) is 10.2 Å². The maximum atomic E-state index is 11.9. The maximum Gasteiger partial charge on any atom is 0.246 e. The first-order valence-electron chi connectivity index (χ1n) is 6.24. The molecule has 1 aliphatic rings. The number of hydrogen-bond acceptors (Lipinski definition) is 4. The minimum atomic E-state index is -0.408. The molecule has 1 fully saturated rings. The Labute approximate surface area is 106 Å². The molecule has 1 atom stereocenters. The van der Waals surface area contributed by atoms with Gasteiger partial charge >= 0.3 is 0 Å². The molecule has 0 bridgehead atoms. The lowest BCUT2D eigenvalue weighted by Crippen LogP contribution is -2.38. The molecule has 5 heteroatoms. The molecule has 98 valence electrons. The lowest BCUT2D eigenvalue weighted by Gasteiger charge is -2.13. The molecule has 0 saturated carbocycles. The molecule has 0 spiro atoms. The molecule has 1 aromatic heterocycles. The SMILES string of the molecule is CCCN1C(=O)CC(NCc2ccc(C)o2)C1=O. The summed E-state index contributed by atoms with van der Waals surface area (Å²) in [5.74, 6) is 1.41. The first-order valence-corrected chi connectivity index (χ1v) is 6.24. The summed E-state index contributed by atoms with van der Waals surface area (Å²) in [4.78, 5) is 24.9. The highest BCUT2D eigenvalue weighted by atomic mass is 16.3. The zero-order valence-corrected chi connectivity index (χ0v) is 10.7. The predicted molar refractivity (Wildman–Crippen MR) is 65.7 cm³/mol. The van der Waals surface area contributed by atoms with E-state index in [1.807, 2.05) is 26.0 Å². The van der Waals surface area contributed by atoms with Crippen LogP contribution in [0.3, 0.4) is 0 Å². The van der Waals surface area contributed by atoms with Crippen LogP contribution in [0.25, 0.3) is 0 Å². The average molecular weight is 250 g/mol. The third-order valence-corrected chi connectivity index (χ3v) is 3.01. The smallest absolute Gasteiger partial charge is 0.246 e. The molecular formula is C13H18N2O3. The Morgan fingerprint density at radius 2 is 2.22 bits per heavy atom. The van der Waals surface area contributed by atoms with Gasteiger partial charge in [-0.2, -0.15) is 0 Å². The Bertz CT molecular complexity index is 453. The van der Waals surface area contributed by atoms with E-state index in [1.165, 1.54) is 4.90 Å². The summed E-state index contributed by atoms with van der Waals surface area (Å²) >= 11 is 0. The molecule has 2 rings (SSSR count). The number of aryl methyl sites for hydroxylation is 1. The van der Waals surface area contributed by atoms with Crippen molar-refractivity contribution in [3.63, 3.8) is 0 Å². The van der Waals surface area contributed by atoms with Crippen molar-refractivity contribution in [1.29, 1.82) is 0 Å². The zero-order chi connectivity index (χ0) is 13.1. The third kappa shape index (κ3) is 2.61. The fourth-order valence-electron chi connectivity index (χ4n) is 2.11. The highest BCUT2D eigenvalue weighted by molar-refractivity contribution is 6.05. The molecule has 1 aromatic rings. The van der Waals surface area contributed by atoms with Crippen LogP contribution in [-0.2, 0) is 16.1 Å². The van der Waals surface area contributed by atoms with Gasteiger partial charge in [0.1, 0.15) is 11.5 Å². The van der Waals surface area contributed by atoms with Crippen LogP contribution in [0.4, 0.5) is 0 Å². The Morgan fingerprint density at radius 3 is 2.83 bits per heavy atom. The van der Waals surface area contributed by atoms with Gasteiger partial charge in [-0.15, -0.1) is 0 Å². The minimum absolute atomic E-state index is 0.0880. The van der Waals surface area contributed by atoms with E-state index in [0.29, 0.717) is 13.1 Å². The number of likely N-dealkylation sites (tertiary alicyclic amines) is 1. The fraction of sp³-hybridized carbons (Fsp3) is 0.538. The van der Waals surface area contributed by atoms with Gasteiger partial charge in [-0.3, -0.25) is 19.8 Å². The largest absolute Gasteiger partial charge is 0.465 e. The minimum Gasteiger partial charge on any atom is -0.465 e. The van der Waals surface area contributed by atoms with Gasteiger partial charge in [0, 0.05) is 6.54 Å². The summed E-state index contributed by atoms with van der Waals surface area (Å²) in [6, 6.07) is 3.34. The fourth-order valence-corrected chi connectivity index (χ4v) is 2.11. The van der Waals surface area contributed by atoms with Gasteiger partial charge in [0.25, 0.3) is 0 Å². The summed E-state index contributed by atoms with van der Waals surface area (Å²) in [6.07, 6.45) is 1.04. The van der Waals surface area contributed by atoms with Gasteiger partial charge in [-0.05, 0) is 25.5 Å². The highest BCUT2D eigenvalue weighted by Gasteiger charge is 2.37. The highest BCUT2D eigenvalue weighted by Crippen LogP contribution is 2.14. The van der Waals surface area contributed by atoms with E-state index in [2.05, 4.69) is 5.32 Å². The Hall–Kier alpha value is -1.62. The number of carbonyl (C=O) groups excluding carboxylic acids is 2. The number of furan rings is 1. The summed E-state index contributed by atoms with van der Waals surface area (Å²) in [6.45, 7) is 4.80. The summed E-state index contributed by atoms with van der Waals surface area (Å²) in [7, 11) is 0. The number of imide groups is 1. The molecule has 2 amide bonds. The normalized spacial score (nSPS) is 19.9. The average Bonchev–Trinajstić information content (AvgIpc) is 2.86. The van der Waals surface area contributed by atoms with E-state index in [9.17, 15) is 9.59 Å². The molecular weight excluding hydrogens is 232 g/mol. The van der Waals surface area contributed by atoms with Crippen molar-refractivity contribution in [3.05, 3.63) is 23.7 Å². The van der Waals surface area contributed by atoms with Crippen molar-refractivity contribution < 1.29 is 14.0 Å². The molecule has 1 N–H and O–H groups in total. The molecule has 0 radical (unpaired) electrons. The van der Waals surface area contributed by atoms with Crippen LogP contribution in [0.5, 0.6) is 0 Å². The second-order valence-electron chi connectivity index (χ2n) is 4.53. The van der Waals surface area contributed by atoms with E-state index in [0.717, 1.165) is 17.9 Å². The van der Waals surface area contributed by atoms with E-state index in [-0.39, 0.29) is 18.2 Å². The van der Waals surface area contributed by atoms with Crippen LogP contribution in [-0.4, -0.2) is 29.3 Å². The molecule has 1 aliphatic heterocycles. The first-order chi connectivity index (χ1) is 8.61. The van der Waals surface area contributed by atoms with Gasteiger partial charge in [0.05, 0.1) is 19.0 Å². The molecule has 1 unspecified atom stereocenters. The maximum absolute atomic E-state index is 11.9. The number of amides is 2. The van der Waals surface area contributed by atoms with Crippen LogP contribution < -0.4 is 5.32 Å². The van der Waals surface area contributed by atoms with Crippen LogP contribution in [0, 0.1) is 6.92 Å². The van der Waals surface area contributed by atoms with Crippen molar-refractivity contribution in [2.45, 2.75) is 39.3 Å². The van der Waals surface area contributed by atoms with Gasteiger partial charge < -0.3 is 4.42 Å². The van der Waals surface area contributed by atoms with Gasteiger partial charge in [0.15, 0.2) is 0 Å². The molecule has 5 nitrogen and oxygen atoms in total. The van der Waals surface area contributed by atoms with Gasteiger partial charge in [-0.25, -0.2) is 0 Å². The molecule has 2 heterocycles. The number of carbonyl (C=O) groups is 2. The third-order valence-electron chi connectivity index (χ3n) is 3.01.